The van der Waals surface area contributed by atoms with Crippen molar-refractivity contribution < 1.29 is 18.1 Å². The zero-order valence-corrected chi connectivity index (χ0v) is 16.7. The molecule has 1 amide bonds. The Bertz CT molecular complexity index is 981. The molecule has 1 aliphatic carbocycles. The Hall–Kier alpha value is -2.94. The maximum atomic E-state index is 12.5. The largest absolute Gasteiger partial charge is 0.349 e. The topological polar surface area (TPSA) is 118 Å². The van der Waals surface area contributed by atoms with Gasteiger partial charge in [0.15, 0.2) is 0 Å². The van der Waals surface area contributed by atoms with Crippen molar-refractivity contribution in [1.82, 2.24) is 5.32 Å². The minimum absolute atomic E-state index is 0.176. The number of benzene rings is 2. The molecule has 0 radical (unpaired) electrons. The summed E-state index contributed by atoms with van der Waals surface area (Å²) in [5.74, 6) is -0.176. The van der Waals surface area contributed by atoms with Gasteiger partial charge in [0, 0.05) is 29.4 Å². The van der Waals surface area contributed by atoms with Crippen LogP contribution in [0.4, 0.5) is 11.4 Å². The molecule has 2 aromatic carbocycles. The van der Waals surface area contributed by atoms with Crippen molar-refractivity contribution >= 4 is 27.3 Å². The minimum atomic E-state index is -3.98. The van der Waals surface area contributed by atoms with Gasteiger partial charge in [-0.05, 0) is 43.2 Å². The molecule has 0 saturated heterocycles. The number of anilines is 1. The Balaban J connectivity index is 1.67. The molecule has 1 saturated carbocycles. The molecule has 0 spiro atoms. The Morgan fingerprint density at radius 3 is 2.28 bits per heavy atom. The van der Waals surface area contributed by atoms with Gasteiger partial charge in [0.2, 0.25) is 0 Å². The summed E-state index contributed by atoms with van der Waals surface area (Å²) in [4.78, 5) is 22.4. The molecule has 0 aliphatic heterocycles. The molecule has 0 aromatic heterocycles. The van der Waals surface area contributed by atoms with Crippen LogP contribution in [0.25, 0.3) is 0 Å². The number of amides is 1. The van der Waals surface area contributed by atoms with E-state index in [0.717, 1.165) is 31.7 Å². The van der Waals surface area contributed by atoms with E-state index >= 15 is 0 Å². The summed E-state index contributed by atoms with van der Waals surface area (Å²) in [5.41, 5.74) is 0.411. The third-order valence-electron chi connectivity index (χ3n) is 4.93. The summed E-state index contributed by atoms with van der Waals surface area (Å²) < 4.78 is 27.3. The smallest absolute Gasteiger partial charge is 0.270 e. The lowest BCUT2D eigenvalue weighted by molar-refractivity contribution is -0.385. The van der Waals surface area contributed by atoms with Gasteiger partial charge in [-0.15, -0.1) is 0 Å². The Morgan fingerprint density at radius 2 is 1.66 bits per heavy atom. The zero-order chi connectivity index (χ0) is 20.9. The van der Waals surface area contributed by atoms with Gasteiger partial charge < -0.3 is 5.32 Å². The van der Waals surface area contributed by atoms with Crippen LogP contribution in [0, 0.1) is 10.1 Å². The first kappa shape index (κ1) is 20.8. The lowest BCUT2D eigenvalue weighted by atomic mass is 10.1. The number of nitro groups is 1. The van der Waals surface area contributed by atoms with Gasteiger partial charge in [0.25, 0.3) is 21.6 Å². The van der Waals surface area contributed by atoms with E-state index in [1.165, 1.54) is 43.2 Å². The summed E-state index contributed by atoms with van der Waals surface area (Å²) in [6.07, 6.45) is 6.59. The van der Waals surface area contributed by atoms with E-state index in [-0.39, 0.29) is 28.2 Å². The summed E-state index contributed by atoms with van der Waals surface area (Å²) in [6, 6.07) is 11.1. The lowest BCUT2D eigenvalue weighted by Crippen LogP contribution is -2.34. The van der Waals surface area contributed by atoms with Crippen LogP contribution in [-0.2, 0) is 10.0 Å². The van der Waals surface area contributed by atoms with Gasteiger partial charge in [0.05, 0.1) is 9.82 Å². The molecule has 9 heteroatoms. The number of nitrogens with zero attached hydrogens (tertiary/aromatic N) is 1. The molecule has 1 aliphatic rings. The van der Waals surface area contributed by atoms with Crippen molar-refractivity contribution in [3.05, 3.63) is 64.2 Å². The summed E-state index contributed by atoms with van der Waals surface area (Å²) >= 11 is 0. The molecule has 0 atom stereocenters. The van der Waals surface area contributed by atoms with Crippen LogP contribution in [0.3, 0.4) is 0 Å². The third-order valence-corrected chi connectivity index (χ3v) is 6.31. The molecule has 1 fully saturated rings. The molecular formula is C20H23N3O5S. The maximum absolute atomic E-state index is 12.5. The van der Waals surface area contributed by atoms with E-state index in [4.69, 9.17) is 0 Å². The van der Waals surface area contributed by atoms with E-state index in [2.05, 4.69) is 10.0 Å². The molecular weight excluding hydrogens is 394 g/mol. The number of carbonyl (C=O) groups excluding carboxylic acids is 1. The van der Waals surface area contributed by atoms with Crippen molar-refractivity contribution in [1.29, 1.82) is 0 Å². The highest BCUT2D eigenvalue weighted by atomic mass is 32.2. The van der Waals surface area contributed by atoms with Crippen LogP contribution >= 0.6 is 0 Å². The van der Waals surface area contributed by atoms with Crippen molar-refractivity contribution in [2.45, 2.75) is 49.5 Å². The first-order valence-electron chi connectivity index (χ1n) is 9.53. The molecule has 0 heterocycles. The second kappa shape index (κ2) is 9.04. The Labute approximate surface area is 169 Å². The fourth-order valence-corrected chi connectivity index (χ4v) is 4.46. The van der Waals surface area contributed by atoms with Crippen molar-refractivity contribution in [2.75, 3.05) is 4.72 Å². The third kappa shape index (κ3) is 5.54. The van der Waals surface area contributed by atoms with E-state index in [0.29, 0.717) is 5.56 Å². The van der Waals surface area contributed by atoms with Crippen LogP contribution in [0.2, 0.25) is 0 Å². The monoisotopic (exact) mass is 417 g/mol. The Morgan fingerprint density at radius 1 is 1.00 bits per heavy atom. The molecule has 0 unspecified atom stereocenters. The lowest BCUT2D eigenvalue weighted by Gasteiger charge is -2.16. The van der Waals surface area contributed by atoms with E-state index in [9.17, 15) is 23.3 Å². The highest BCUT2D eigenvalue weighted by Gasteiger charge is 2.19. The number of hydrogen-bond acceptors (Lipinski definition) is 5. The molecule has 8 nitrogen and oxygen atoms in total. The summed E-state index contributed by atoms with van der Waals surface area (Å²) in [7, 11) is -3.98. The quantitative estimate of drug-likeness (QED) is 0.420. The van der Waals surface area contributed by atoms with Crippen LogP contribution < -0.4 is 10.0 Å². The molecule has 154 valence electrons. The molecule has 3 rings (SSSR count). The van der Waals surface area contributed by atoms with Crippen LogP contribution in [0.5, 0.6) is 0 Å². The molecule has 29 heavy (non-hydrogen) atoms. The number of carbonyl (C=O) groups is 1. The second-order valence-electron chi connectivity index (χ2n) is 7.10. The number of nitro benzene ring substituents is 1. The Kier molecular flexibility index (Phi) is 6.48. The first-order chi connectivity index (χ1) is 13.8. The predicted molar refractivity (Wildman–Crippen MR) is 109 cm³/mol. The number of non-ortho nitro benzene ring substituents is 1. The van der Waals surface area contributed by atoms with Crippen LogP contribution in [0.15, 0.2) is 53.4 Å². The fourth-order valence-electron chi connectivity index (χ4n) is 3.36. The van der Waals surface area contributed by atoms with E-state index < -0.39 is 14.9 Å². The van der Waals surface area contributed by atoms with E-state index in [1.54, 1.807) is 12.1 Å². The average molecular weight is 417 g/mol. The minimum Gasteiger partial charge on any atom is -0.349 e. The number of rotatable bonds is 6. The van der Waals surface area contributed by atoms with Crippen molar-refractivity contribution in [3.63, 3.8) is 0 Å². The second-order valence-corrected chi connectivity index (χ2v) is 8.78. The molecule has 0 bridgehead atoms. The van der Waals surface area contributed by atoms with Gasteiger partial charge in [-0.1, -0.05) is 31.7 Å². The summed E-state index contributed by atoms with van der Waals surface area (Å²) in [6.45, 7) is 0. The van der Waals surface area contributed by atoms with Gasteiger partial charge in [0.1, 0.15) is 0 Å². The van der Waals surface area contributed by atoms with E-state index in [1.807, 2.05) is 0 Å². The van der Waals surface area contributed by atoms with Gasteiger partial charge >= 0.3 is 0 Å². The zero-order valence-electron chi connectivity index (χ0n) is 15.8. The highest BCUT2D eigenvalue weighted by molar-refractivity contribution is 7.92. The van der Waals surface area contributed by atoms with Crippen LogP contribution in [-0.4, -0.2) is 25.3 Å². The number of sulfonamides is 1. The fraction of sp³-hybridized carbons (Fsp3) is 0.350. The predicted octanol–water partition coefficient (Wildman–Crippen LogP) is 3.85. The maximum Gasteiger partial charge on any atom is 0.270 e. The normalized spacial score (nSPS) is 15.3. The molecule has 2 aromatic rings. The van der Waals surface area contributed by atoms with Gasteiger partial charge in [-0.3, -0.25) is 19.6 Å². The SMILES string of the molecule is O=C(NC1CCCCCC1)c1ccc(NS(=O)(=O)c2cccc([N+](=O)[O-])c2)cc1. The number of nitrogens with one attached hydrogen (secondary N) is 2. The molecule has 2 N–H and O–H groups in total. The van der Waals surface area contributed by atoms with Crippen molar-refractivity contribution in [2.24, 2.45) is 0 Å². The number of hydrogen-bond donors (Lipinski definition) is 2. The highest BCUT2D eigenvalue weighted by Crippen LogP contribution is 2.21. The van der Waals surface area contributed by atoms with Gasteiger partial charge in [-0.25, -0.2) is 8.42 Å². The van der Waals surface area contributed by atoms with Gasteiger partial charge in [-0.2, -0.15) is 0 Å². The van der Waals surface area contributed by atoms with Crippen molar-refractivity contribution in [3.8, 4) is 0 Å². The first-order valence-corrected chi connectivity index (χ1v) is 11.0. The average Bonchev–Trinajstić information content (AvgIpc) is 2.97. The standard InChI is InChI=1S/C20H23N3O5S/c24-20(21-16-6-3-1-2-4-7-16)15-10-12-17(13-11-15)22-29(27,28)19-9-5-8-18(14-19)23(25)26/h5,8-14,16,22H,1-4,6-7H2,(H,21,24). The van der Waals surface area contributed by atoms with Crippen LogP contribution in [0.1, 0.15) is 48.9 Å². The summed E-state index contributed by atoms with van der Waals surface area (Å²) in [5, 5.41) is 13.9.